The first-order chi connectivity index (χ1) is 16.0. The fraction of sp³-hybridized carbons (Fsp3) is 0.385. The Labute approximate surface area is 194 Å². The molecule has 1 fully saturated rings. The van der Waals surface area contributed by atoms with E-state index in [0.29, 0.717) is 6.54 Å². The van der Waals surface area contributed by atoms with Crippen molar-refractivity contribution in [1.29, 1.82) is 0 Å². The molecule has 1 atom stereocenters. The lowest BCUT2D eigenvalue weighted by atomic mass is 9.73. The van der Waals surface area contributed by atoms with Crippen molar-refractivity contribution in [1.82, 2.24) is 15.0 Å². The zero-order chi connectivity index (χ0) is 22.6. The van der Waals surface area contributed by atoms with E-state index in [2.05, 4.69) is 45.1 Å². The van der Waals surface area contributed by atoms with E-state index in [-0.39, 0.29) is 11.5 Å². The number of aliphatic imine (C=N–C) groups is 1. The molecule has 2 N–H and O–H groups in total. The number of piperidine rings is 1. The minimum absolute atomic E-state index is 0.130. The van der Waals surface area contributed by atoms with Gasteiger partial charge in [0.1, 0.15) is 11.5 Å². The third-order valence-electron chi connectivity index (χ3n) is 7.68. The van der Waals surface area contributed by atoms with Crippen LogP contribution in [0.15, 0.2) is 53.8 Å². The minimum atomic E-state index is 0.130. The molecule has 3 aromatic rings. The zero-order valence-electron chi connectivity index (χ0n) is 19.2. The average Bonchev–Trinajstić information content (AvgIpc) is 3.38. The van der Waals surface area contributed by atoms with E-state index in [1.54, 1.807) is 0 Å². The van der Waals surface area contributed by atoms with E-state index in [4.69, 9.17) is 20.7 Å². The maximum atomic E-state index is 6.74. The van der Waals surface area contributed by atoms with Crippen LogP contribution < -0.4 is 15.5 Å². The number of hydrogen-bond donors (Lipinski definition) is 1. The van der Waals surface area contributed by atoms with Crippen molar-refractivity contribution >= 4 is 17.3 Å². The summed E-state index contributed by atoms with van der Waals surface area (Å²) < 4.78 is 0. The maximum absolute atomic E-state index is 6.74. The first-order valence-electron chi connectivity index (χ1n) is 11.7. The first-order valence-corrected chi connectivity index (χ1v) is 11.7. The number of benzene rings is 1. The molecule has 3 aliphatic rings. The average molecular weight is 440 g/mol. The number of pyridine rings is 1. The summed E-state index contributed by atoms with van der Waals surface area (Å²) in [7, 11) is 2.02. The lowest BCUT2D eigenvalue weighted by Crippen LogP contribution is -2.44. The number of nitrogens with two attached hydrogens (primary N) is 1. The normalized spacial score (nSPS) is 20.5. The lowest BCUT2D eigenvalue weighted by molar-refractivity contribution is 0.187. The maximum Gasteiger partial charge on any atom is 0.156 e. The number of hydrogen-bond acceptors (Lipinski definition) is 7. The van der Waals surface area contributed by atoms with Gasteiger partial charge in [0.25, 0.3) is 0 Å². The second kappa shape index (κ2) is 7.63. The van der Waals surface area contributed by atoms with Gasteiger partial charge in [0.15, 0.2) is 5.84 Å². The van der Waals surface area contributed by atoms with Gasteiger partial charge >= 0.3 is 0 Å². The molecule has 1 spiro atoms. The van der Waals surface area contributed by atoms with Crippen LogP contribution in [0.2, 0.25) is 0 Å². The Morgan fingerprint density at radius 2 is 1.94 bits per heavy atom. The summed E-state index contributed by atoms with van der Waals surface area (Å²) in [5, 5.41) is 0. The van der Waals surface area contributed by atoms with Gasteiger partial charge in [-0.3, -0.25) is 9.98 Å². The molecule has 0 bridgehead atoms. The van der Waals surface area contributed by atoms with Gasteiger partial charge in [-0.25, -0.2) is 9.97 Å². The predicted octanol–water partition coefficient (Wildman–Crippen LogP) is 3.42. The first kappa shape index (κ1) is 20.3. The quantitative estimate of drug-likeness (QED) is 0.659. The number of rotatable bonds is 2. The van der Waals surface area contributed by atoms with Crippen molar-refractivity contribution in [2.45, 2.75) is 38.8 Å². The molecule has 7 nitrogen and oxygen atoms in total. The molecule has 0 amide bonds. The topological polar surface area (TPSA) is 83.5 Å². The number of aryl methyl sites for hydroxylation is 1. The van der Waals surface area contributed by atoms with Gasteiger partial charge in [0.05, 0.1) is 18.4 Å². The summed E-state index contributed by atoms with van der Waals surface area (Å²) in [6.07, 6.45) is 6.98. The predicted molar refractivity (Wildman–Crippen MR) is 131 cm³/mol. The molecule has 7 heteroatoms. The van der Waals surface area contributed by atoms with Gasteiger partial charge in [0.2, 0.25) is 0 Å². The molecule has 1 saturated heterocycles. The van der Waals surface area contributed by atoms with Crippen LogP contribution in [0, 0.1) is 12.3 Å². The fourth-order valence-corrected chi connectivity index (χ4v) is 5.70. The third kappa shape index (κ3) is 3.30. The van der Waals surface area contributed by atoms with Crippen molar-refractivity contribution < 1.29 is 0 Å². The molecule has 168 valence electrons. The van der Waals surface area contributed by atoms with Gasteiger partial charge in [-0.2, -0.15) is 0 Å². The van der Waals surface area contributed by atoms with E-state index in [1.165, 1.54) is 11.1 Å². The van der Waals surface area contributed by atoms with Crippen LogP contribution in [0.5, 0.6) is 0 Å². The van der Waals surface area contributed by atoms with E-state index in [1.807, 2.05) is 32.4 Å². The molecule has 4 heterocycles. The van der Waals surface area contributed by atoms with Crippen LogP contribution in [0.25, 0.3) is 0 Å². The Hall–Kier alpha value is -3.32. The monoisotopic (exact) mass is 439 g/mol. The SMILES string of the molecule is Cc1cc(N(C)C2=NCc3nc(N4CCC5(CC4)Cc4ccccc4[C@H]5N)cnc32)ccn1. The van der Waals surface area contributed by atoms with Crippen LogP contribution in [0.3, 0.4) is 0 Å². The van der Waals surface area contributed by atoms with Crippen molar-refractivity contribution in [2.24, 2.45) is 16.1 Å². The number of fused-ring (bicyclic) bond motifs is 2. The number of aromatic nitrogens is 3. The third-order valence-corrected chi connectivity index (χ3v) is 7.68. The van der Waals surface area contributed by atoms with Gasteiger partial charge in [-0.1, -0.05) is 24.3 Å². The summed E-state index contributed by atoms with van der Waals surface area (Å²) in [5.74, 6) is 1.81. The highest BCUT2D eigenvalue weighted by molar-refractivity contribution is 6.10. The minimum Gasteiger partial charge on any atom is -0.355 e. The van der Waals surface area contributed by atoms with Crippen molar-refractivity contribution in [3.63, 3.8) is 0 Å². The highest BCUT2D eigenvalue weighted by atomic mass is 15.2. The highest BCUT2D eigenvalue weighted by Crippen LogP contribution is 2.50. The Balaban J connectivity index is 1.18. The molecule has 6 rings (SSSR count). The molecule has 0 radical (unpaired) electrons. The molecule has 33 heavy (non-hydrogen) atoms. The molecule has 1 aliphatic carbocycles. The van der Waals surface area contributed by atoms with Crippen molar-refractivity contribution in [2.75, 3.05) is 29.9 Å². The van der Waals surface area contributed by atoms with Crippen LogP contribution in [-0.2, 0) is 13.0 Å². The van der Waals surface area contributed by atoms with Gasteiger partial charge in [-0.15, -0.1) is 0 Å². The smallest absolute Gasteiger partial charge is 0.156 e. The summed E-state index contributed by atoms with van der Waals surface area (Å²) in [6, 6.07) is 12.9. The lowest BCUT2D eigenvalue weighted by Gasteiger charge is -2.42. The second-order valence-corrected chi connectivity index (χ2v) is 9.58. The van der Waals surface area contributed by atoms with Crippen LogP contribution in [0.1, 0.15) is 47.1 Å². The van der Waals surface area contributed by atoms with Crippen LogP contribution in [0.4, 0.5) is 11.5 Å². The van der Waals surface area contributed by atoms with Crippen LogP contribution >= 0.6 is 0 Å². The summed E-state index contributed by atoms with van der Waals surface area (Å²) in [4.78, 5) is 23.2. The van der Waals surface area contributed by atoms with E-state index in [0.717, 1.165) is 66.8 Å². The van der Waals surface area contributed by atoms with Crippen molar-refractivity contribution in [3.8, 4) is 0 Å². The molecule has 0 unspecified atom stereocenters. The Morgan fingerprint density at radius 1 is 1.12 bits per heavy atom. The van der Waals surface area contributed by atoms with E-state index < -0.39 is 0 Å². The zero-order valence-corrected chi connectivity index (χ0v) is 19.2. The summed E-state index contributed by atoms with van der Waals surface area (Å²) in [5.41, 5.74) is 13.5. The molecule has 2 aromatic heterocycles. The Bertz CT molecular complexity index is 1240. The van der Waals surface area contributed by atoms with Gasteiger partial charge < -0.3 is 15.5 Å². The molecular weight excluding hydrogens is 410 g/mol. The largest absolute Gasteiger partial charge is 0.355 e. The molecular formula is C26H29N7. The summed E-state index contributed by atoms with van der Waals surface area (Å²) in [6.45, 7) is 4.48. The van der Waals surface area contributed by atoms with E-state index >= 15 is 0 Å². The highest BCUT2D eigenvalue weighted by Gasteiger charge is 2.46. The van der Waals surface area contributed by atoms with E-state index in [9.17, 15) is 0 Å². The van der Waals surface area contributed by atoms with Gasteiger partial charge in [0, 0.05) is 43.8 Å². The Morgan fingerprint density at radius 3 is 2.73 bits per heavy atom. The van der Waals surface area contributed by atoms with Gasteiger partial charge in [-0.05, 0) is 54.9 Å². The summed E-state index contributed by atoms with van der Waals surface area (Å²) >= 11 is 0. The number of nitrogens with zero attached hydrogens (tertiary/aromatic N) is 6. The molecule has 0 saturated carbocycles. The Kier molecular flexibility index (Phi) is 4.69. The number of amidine groups is 1. The van der Waals surface area contributed by atoms with Crippen LogP contribution in [-0.4, -0.2) is 40.9 Å². The number of anilines is 2. The standard InChI is InChI=1S/C26H29N7/c1-17-13-19(7-10-28-17)32(2)25-23-21(15-30-25)31-22(16-29-23)33-11-8-26(9-12-33)14-18-5-3-4-6-20(18)24(26)27/h3-7,10,13,16,24H,8-9,11-12,14-15,27H2,1-2H3/t24-/m1/s1. The molecule has 2 aliphatic heterocycles. The second-order valence-electron chi connectivity index (χ2n) is 9.58. The fourth-order valence-electron chi connectivity index (χ4n) is 5.70. The molecule has 1 aromatic carbocycles. The van der Waals surface area contributed by atoms with Crippen molar-refractivity contribution in [3.05, 3.63) is 77.0 Å².